The van der Waals surface area contributed by atoms with E-state index in [2.05, 4.69) is 16.0 Å². The summed E-state index contributed by atoms with van der Waals surface area (Å²) in [6, 6.07) is 7.07. The number of ether oxygens (including phenoxy) is 1. The smallest absolute Gasteiger partial charge is 0.241 e. The largest absolute Gasteiger partial charge is 0.493 e. The van der Waals surface area contributed by atoms with Crippen LogP contribution >= 0.6 is 12.4 Å². The van der Waals surface area contributed by atoms with Crippen LogP contribution in [0.15, 0.2) is 24.3 Å². The minimum atomic E-state index is -0.0998. The summed E-state index contributed by atoms with van der Waals surface area (Å²) in [5.41, 5.74) is 0.746. The summed E-state index contributed by atoms with van der Waals surface area (Å²) in [6.07, 6.45) is 3.42. The molecule has 2 amide bonds. The first-order chi connectivity index (χ1) is 10.7. The van der Waals surface area contributed by atoms with Crippen LogP contribution in [-0.4, -0.2) is 38.1 Å². The quantitative estimate of drug-likeness (QED) is 0.736. The molecule has 3 N–H and O–H groups in total. The summed E-state index contributed by atoms with van der Waals surface area (Å²) in [6.45, 7) is 1.23. The van der Waals surface area contributed by atoms with Crippen molar-refractivity contribution in [2.24, 2.45) is 0 Å². The van der Waals surface area contributed by atoms with Crippen molar-refractivity contribution in [3.63, 3.8) is 0 Å². The number of hydrogen-bond acceptors (Lipinski definition) is 4. The lowest BCUT2D eigenvalue weighted by Gasteiger charge is -2.22. The van der Waals surface area contributed by atoms with Gasteiger partial charge in [0.15, 0.2) is 0 Å². The third-order valence-corrected chi connectivity index (χ3v) is 3.63. The Morgan fingerprint density at radius 1 is 1.26 bits per heavy atom. The molecule has 0 spiro atoms. The average Bonchev–Trinajstić information content (AvgIpc) is 2.57. The first-order valence-electron chi connectivity index (χ1n) is 7.67. The number of carbonyl (C=O) groups excluding carboxylic acids is 2. The molecule has 128 valence electrons. The zero-order valence-electron chi connectivity index (χ0n) is 13.3. The zero-order chi connectivity index (χ0) is 15.8. The molecular formula is C16H24ClN3O3. The van der Waals surface area contributed by atoms with Crippen molar-refractivity contribution in [1.82, 2.24) is 10.6 Å². The minimum absolute atomic E-state index is 0. The minimum Gasteiger partial charge on any atom is -0.493 e. The van der Waals surface area contributed by atoms with Crippen molar-refractivity contribution >= 4 is 29.9 Å². The molecule has 1 aromatic rings. The maximum absolute atomic E-state index is 12.1. The Kier molecular flexibility index (Phi) is 8.43. The van der Waals surface area contributed by atoms with Gasteiger partial charge in [-0.2, -0.15) is 0 Å². The van der Waals surface area contributed by atoms with Gasteiger partial charge in [-0.25, -0.2) is 0 Å². The highest BCUT2D eigenvalue weighted by molar-refractivity contribution is 5.94. The van der Waals surface area contributed by atoms with Gasteiger partial charge in [0, 0.05) is 12.7 Å². The van der Waals surface area contributed by atoms with Gasteiger partial charge in [0.1, 0.15) is 5.75 Å². The van der Waals surface area contributed by atoms with Gasteiger partial charge in [0.2, 0.25) is 11.8 Å². The van der Waals surface area contributed by atoms with Crippen molar-refractivity contribution in [2.45, 2.75) is 31.7 Å². The van der Waals surface area contributed by atoms with Gasteiger partial charge in [0.25, 0.3) is 0 Å². The lowest BCUT2D eigenvalue weighted by atomic mass is 10.0. The van der Waals surface area contributed by atoms with Gasteiger partial charge in [-0.3, -0.25) is 9.59 Å². The van der Waals surface area contributed by atoms with Crippen LogP contribution in [-0.2, 0) is 9.59 Å². The molecule has 0 aromatic heterocycles. The average molecular weight is 342 g/mol. The van der Waals surface area contributed by atoms with E-state index in [0.717, 1.165) is 31.5 Å². The maximum atomic E-state index is 12.1. The molecule has 1 aliphatic heterocycles. The van der Waals surface area contributed by atoms with Crippen LogP contribution in [0.3, 0.4) is 0 Å². The van der Waals surface area contributed by atoms with Crippen molar-refractivity contribution in [3.05, 3.63) is 24.3 Å². The standard InChI is InChI=1S/C16H23N3O3.ClH/c1-17-15(20)9-11-22-13-7-5-12(6-8-13)19-16(21)14-4-2-3-10-18-14;/h5-8,14,18H,2-4,9-11H2,1H3,(H,17,20)(H,19,21);1H. The van der Waals surface area contributed by atoms with Gasteiger partial charge in [-0.1, -0.05) is 6.42 Å². The molecule has 1 fully saturated rings. The number of piperidine rings is 1. The van der Waals surface area contributed by atoms with Crippen LogP contribution in [0.4, 0.5) is 5.69 Å². The van der Waals surface area contributed by atoms with Crippen LogP contribution in [0.2, 0.25) is 0 Å². The molecule has 0 radical (unpaired) electrons. The second-order valence-electron chi connectivity index (χ2n) is 5.29. The molecule has 0 bridgehead atoms. The highest BCUT2D eigenvalue weighted by Crippen LogP contribution is 2.17. The van der Waals surface area contributed by atoms with Crippen molar-refractivity contribution in [1.29, 1.82) is 0 Å². The summed E-state index contributed by atoms with van der Waals surface area (Å²) < 4.78 is 5.47. The third-order valence-electron chi connectivity index (χ3n) is 3.63. The summed E-state index contributed by atoms with van der Waals surface area (Å²) in [5, 5.41) is 8.66. The second-order valence-corrected chi connectivity index (χ2v) is 5.29. The first-order valence-corrected chi connectivity index (χ1v) is 7.67. The van der Waals surface area contributed by atoms with Crippen LogP contribution in [0, 0.1) is 0 Å². The molecule has 1 unspecified atom stereocenters. The van der Waals surface area contributed by atoms with Gasteiger partial charge >= 0.3 is 0 Å². The molecule has 1 heterocycles. The maximum Gasteiger partial charge on any atom is 0.241 e. The topological polar surface area (TPSA) is 79.5 Å². The molecule has 0 aliphatic carbocycles. The number of halogens is 1. The normalized spacial score (nSPS) is 16.8. The molecule has 7 heteroatoms. The molecule has 1 aliphatic rings. The number of rotatable bonds is 6. The molecule has 23 heavy (non-hydrogen) atoms. The lowest BCUT2D eigenvalue weighted by Crippen LogP contribution is -2.43. The number of carbonyl (C=O) groups is 2. The summed E-state index contributed by atoms with van der Waals surface area (Å²) in [5.74, 6) is 0.634. The van der Waals surface area contributed by atoms with E-state index >= 15 is 0 Å². The van der Waals surface area contributed by atoms with Crippen LogP contribution in [0.25, 0.3) is 0 Å². The van der Waals surface area contributed by atoms with E-state index in [-0.39, 0.29) is 30.3 Å². The highest BCUT2D eigenvalue weighted by Gasteiger charge is 2.20. The lowest BCUT2D eigenvalue weighted by molar-refractivity contribution is -0.121. The van der Waals surface area contributed by atoms with Crippen molar-refractivity contribution in [2.75, 3.05) is 25.5 Å². The first kappa shape index (κ1) is 19.3. The fourth-order valence-corrected chi connectivity index (χ4v) is 2.33. The Labute approximate surface area is 142 Å². The molecule has 1 saturated heterocycles. The summed E-state index contributed by atoms with van der Waals surface area (Å²) >= 11 is 0. The Balaban J connectivity index is 0.00000264. The van der Waals surface area contributed by atoms with Gasteiger partial charge < -0.3 is 20.7 Å². The SMILES string of the molecule is CNC(=O)CCOc1ccc(NC(=O)C2CCCCN2)cc1.Cl. The predicted octanol–water partition coefficient (Wildman–Crippen LogP) is 1.70. The number of anilines is 1. The molecule has 2 rings (SSSR count). The van der Waals surface area contributed by atoms with E-state index in [1.54, 1.807) is 31.3 Å². The fraction of sp³-hybridized carbons (Fsp3) is 0.500. The summed E-state index contributed by atoms with van der Waals surface area (Å²) in [4.78, 5) is 23.2. The Bertz CT molecular complexity index is 502. The van der Waals surface area contributed by atoms with E-state index in [0.29, 0.717) is 18.8 Å². The van der Waals surface area contributed by atoms with Crippen LogP contribution in [0.1, 0.15) is 25.7 Å². The van der Waals surface area contributed by atoms with Gasteiger partial charge in [-0.05, 0) is 43.7 Å². The zero-order valence-corrected chi connectivity index (χ0v) is 14.1. The van der Waals surface area contributed by atoms with Crippen LogP contribution in [0.5, 0.6) is 5.75 Å². The molecular weight excluding hydrogens is 318 g/mol. The molecule has 6 nitrogen and oxygen atoms in total. The molecule has 1 aromatic carbocycles. The van der Waals surface area contributed by atoms with E-state index in [9.17, 15) is 9.59 Å². The number of amides is 2. The van der Waals surface area contributed by atoms with E-state index < -0.39 is 0 Å². The highest BCUT2D eigenvalue weighted by atomic mass is 35.5. The number of benzene rings is 1. The number of nitrogens with one attached hydrogen (secondary N) is 3. The van der Waals surface area contributed by atoms with Gasteiger partial charge in [-0.15, -0.1) is 12.4 Å². The van der Waals surface area contributed by atoms with Crippen molar-refractivity contribution < 1.29 is 14.3 Å². The monoisotopic (exact) mass is 341 g/mol. The predicted molar refractivity (Wildman–Crippen MR) is 92.1 cm³/mol. The Morgan fingerprint density at radius 3 is 2.61 bits per heavy atom. The van der Waals surface area contributed by atoms with E-state index in [1.165, 1.54) is 0 Å². The second kappa shape index (κ2) is 10.1. The fourth-order valence-electron chi connectivity index (χ4n) is 2.33. The van der Waals surface area contributed by atoms with E-state index in [4.69, 9.17) is 4.74 Å². The Hall–Kier alpha value is -1.79. The Morgan fingerprint density at radius 2 is 2.00 bits per heavy atom. The molecule has 1 atom stereocenters. The van der Waals surface area contributed by atoms with Gasteiger partial charge in [0.05, 0.1) is 19.1 Å². The molecule has 0 saturated carbocycles. The van der Waals surface area contributed by atoms with Crippen LogP contribution < -0.4 is 20.7 Å². The number of hydrogen-bond donors (Lipinski definition) is 3. The van der Waals surface area contributed by atoms with E-state index in [1.807, 2.05) is 0 Å². The third kappa shape index (κ3) is 6.46. The van der Waals surface area contributed by atoms with Crippen molar-refractivity contribution in [3.8, 4) is 5.75 Å². The summed E-state index contributed by atoms with van der Waals surface area (Å²) in [7, 11) is 1.60.